The molecule has 2 aromatic rings. The Morgan fingerprint density at radius 3 is 2.00 bits per heavy atom. The molecule has 0 bridgehead atoms. The quantitative estimate of drug-likeness (QED) is 0.706. The number of aryl methyl sites for hydroxylation is 3. The molecule has 0 unspecified atom stereocenters. The van der Waals surface area contributed by atoms with Gasteiger partial charge in [0.15, 0.2) is 0 Å². The molecule has 0 saturated carbocycles. The fourth-order valence-corrected chi connectivity index (χ4v) is 3.64. The summed E-state index contributed by atoms with van der Waals surface area (Å²) >= 11 is 0. The number of rotatable bonds is 2. The molecule has 0 aromatic heterocycles. The zero-order valence-corrected chi connectivity index (χ0v) is 13.8. The number of benzene rings is 2. The Morgan fingerprint density at radius 1 is 0.895 bits per heavy atom. The molecule has 2 rings (SSSR count). The van der Waals surface area contributed by atoms with E-state index in [1.54, 1.807) is 0 Å². The van der Waals surface area contributed by atoms with Crippen LogP contribution in [0.15, 0.2) is 24.3 Å². The van der Waals surface area contributed by atoms with E-state index in [4.69, 9.17) is 0 Å². The van der Waals surface area contributed by atoms with Crippen LogP contribution in [-0.2, 0) is 0 Å². The molecule has 2 aromatic carbocycles. The van der Waals surface area contributed by atoms with E-state index in [1.165, 1.54) is 33.0 Å². The first-order chi connectivity index (χ1) is 8.79. The summed E-state index contributed by atoms with van der Waals surface area (Å²) in [6.07, 6.45) is 0. The Kier molecular flexibility index (Phi) is 3.68. The van der Waals surface area contributed by atoms with E-state index in [0.717, 1.165) is 0 Å². The van der Waals surface area contributed by atoms with Gasteiger partial charge in [-0.1, -0.05) is 48.6 Å². The van der Waals surface area contributed by atoms with E-state index in [0.29, 0.717) is 0 Å². The second kappa shape index (κ2) is 4.97. The molecule has 0 N–H and O–H groups in total. The first-order valence-corrected chi connectivity index (χ1v) is 10.3. The van der Waals surface area contributed by atoms with Crippen molar-refractivity contribution >= 4 is 13.3 Å². The molecule has 2 radical (unpaired) electrons. The third-order valence-electron chi connectivity index (χ3n) is 3.51. The third-order valence-corrected chi connectivity index (χ3v) is 5.39. The van der Waals surface area contributed by atoms with Crippen LogP contribution < -0.4 is 5.19 Å². The van der Waals surface area contributed by atoms with Crippen molar-refractivity contribution in [2.75, 3.05) is 0 Å². The van der Waals surface area contributed by atoms with Crippen LogP contribution in [-0.4, -0.2) is 8.07 Å². The molecule has 0 fully saturated rings. The molecule has 19 heavy (non-hydrogen) atoms. The summed E-state index contributed by atoms with van der Waals surface area (Å²) in [5, 5.41) is 1.35. The van der Waals surface area contributed by atoms with Gasteiger partial charge in [-0.25, -0.2) is 0 Å². The predicted octanol–water partition coefficient (Wildman–Crippen LogP) is 4.42. The fraction of sp³-hybridized carbons (Fsp3) is 0.333. The maximum Gasteiger partial charge on any atom is 0.0784 e. The van der Waals surface area contributed by atoms with Gasteiger partial charge in [0.2, 0.25) is 0 Å². The summed E-state index contributed by atoms with van der Waals surface area (Å²) in [6, 6.07) is 15.4. The third kappa shape index (κ3) is 2.98. The minimum absolute atomic E-state index is 1.28. The highest BCUT2D eigenvalue weighted by Gasteiger charge is 2.17. The van der Waals surface area contributed by atoms with Crippen LogP contribution in [0, 0.1) is 32.9 Å². The molecule has 0 spiro atoms. The van der Waals surface area contributed by atoms with Gasteiger partial charge in [-0.05, 0) is 61.2 Å². The van der Waals surface area contributed by atoms with E-state index in [-0.39, 0.29) is 0 Å². The molecule has 0 heterocycles. The van der Waals surface area contributed by atoms with Gasteiger partial charge < -0.3 is 0 Å². The molecule has 98 valence electrons. The van der Waals surface area contributed by atoms with Gasteiger partial charge in [-0.15, -0.1) is 0 Å². The minimum atomic E-state index is -1.33. The topological polar surface area (TPSA) is 0 Å². The Hall–Kier alpha value is -1.34. The predicted molar refractivity (Wildman–Crippen MR) is 86.7 cm³/mol. The zero-order chi connectivity index (χ0) is 14.2. The van der Waals surface area contributed by atoms with Gasteiger partial charge in [-0.3, -0.25) is 0 Å². The van der Waals surface area contributed by atoms with E-state index in [1.807, 2.05) is 0 Å². The Labute approximate surface area is 118 Å². The summed E-state index contributed by atoms with van der Waals surface area (Å²) in [7, 11) is -1.33. The average molecular weight is 266 g/mol. The summed E-state index contributed by atoms with van der Waals surface area (Å²) in [5.74, 6) is 0. The first kappa shape index (κ1) is 14.1. The van der Waals surface area contributed by atoms with Crippen molar-refractivity contribution in [2.45, 2.75) is 40.4 Å². The zero-order valence-electron chi connectivity index (χ0n) is 12.8. The molecule has 0 aliphatic rings. The molecule has 0 aliphatic heterocycles. The SMILES string of the molecule is Cc1cc(C)c(-c2c[c][c]c([Si](C)(C)C)c2)c(C)c1. The lowest BCUT2D eigenvalue weighted by atomic mass is 9.94. The monoisotopic (exact) mass is 266 g/mol. The summed E-state index contributed by atoms with van der Waals surface area (Å²) in [6.45, 7) is 13.6. The molecule has 0 aliphatic carbocycles. The Bertz CT molecular complexity index is 580. The molecule has 1 heteroatoms. The Morgan fingerprint density at radius 2 is 1.47 bits per heavy atom. The highest BCUT2D eigenvalue weighted by atomic mass is 28.3. The average Bonchev–Trinajstić information content (AvgIpc) is 2.26. The summed E-state index contributed by atoms with van der Waals surface area (Å²) < 4.78 is 0. The molecular weight excluding hydrogens is 244 g/mol. The normalized spacial score (nSPS) is 11.7. The van der Waals surface area contributed by atoms with Crippen molar-refractivity contribution < 1.29 is 0 Å². The standard InChI is InChI=1S/C18H22Si/c1-13-10-14(2)18(15(3)11-13)16-8-7-9-17(12-16)19(4,5)6/h8,10-12H,1-6H3. The molecular formula is C18H22Si. The second-order valence-corrected chi connectivity index (χ2v) is 11.5. The lowest BCUT2D eigenvalue weighted by molar-refractivity contribution is 1.32. The van der Waals surface area contributed by atoms with Crippen molar-refractivity contribution in [1.82, 2.24) is 0 Å². The lowest BCUT2D eigenvalue weighted by Gasteiger charge is -2.18. The van der Waals surface area contributed by atoms with Crippen LogP contribution in [0.4, 0.5) is 0 Å². The van der Waals surface area contributed by atoms with Gasteiger partial charge in [0, 0.05) is 0 Å². The van der Waals surface area contributed by atoms with Gasteiger partial charge in [0.25, 0.3) is 0 Å². The van der Waals surface area contributed by atoms with Crippen LogP contribution in [0.5, 0.6) is 0 Å². The molecule has 0 atom stereocenters. The van der Waals surface area contributed by atoms with E-state index < -0.39 is 8.07 Å². The van der Waals surface area contributed by atoms with Gasteiger partial charge in [0.1, 0.15) is 0 Å². The van der Waals surface area contributed by atoms with E-state index >= 15 is 0 Å². The van der Waals surface area contributed by atoms with Gasteiger partial charge >= 0.3 is 0 Å². The van der Waals surface area contributed by atoms with Crippen LogP contribution in [0.2, 0.25) is 19.6 Å². The van der Waals surface area contributed by atoms with Gasteiger partial charge in [0.05, 0.1) is 8.07 Å². The summed E-state index contributed by atoms with van der Waals surface area (Å²) in [5.41, 5.74) is 6.66. The largest absolute Gasteiger partial charge is 0.0784 e. The van der Waals surface area contributed by atoms with Crippen molar-refractivity contribution in [3.8, 4) is 11.1 Å². The van der Waals surface area contributed by atoms with Crippen LogP contribution in [0.3, 0.4) is 0 Å². The molecule has 0 saturated heterocycles. The van der Waals surface area contributed by atoms with Crippen molar-refractivity contribution in [3.63, 3.8) is 0 Å². The second-order valence-electron chi connectivity index (χ2n) is 6.45. The van der Waals surface area contributed by atoms with Crippen LogP contribution in [0.25, 0.3) is 11.1 Å². The summed E-state index contributed by atoms with van der Waals surface area (Å²) in [4.78, 5) is 0. The number of hydrogen-bond donors (Lipinski definition) is 0. The minimum Gasteiger partial charge on any atom is -0.0656 e. The molecule has 0 amide bonds. The highest BCUT2D eigenvalue weighted by Crippen LogP contribution is 2.27. The Balaban J connectivity index is 2.60. The lowest BCUT2D eigenvalue weighted by Crippen LogP contribution is -2.37. The van der Waals surface area contributed by atoms with Crippen molar-refractivity contribution in [1.29, 1.82) is 0 Å². The van der Waals surface area contributed by atoms with Gasteiger partial charge in [-0.2, -0.15) is 0 Å². The van der Waals surface area contributed by atoms with Crippen molar-refractivity contribution in [3.05, 3.63) is 53.1 Å². The maximum atomic E-state index is 3.31. The number of hydrogen-bond acceptors (Lipinski definition) is 0. The smallest absolute Gasteiger partial charge is 0.0656 e. The van der Waals surface area contributed by atoms with Crippen LogP contribution in [0.1, 0.15) is 16.7 Å². The van der Waals surface area contributed by atoms with E-state index in [2.05, 4.69) is 76.8 Å². The maximum absolute atomic E-state index is 3.31. The molecule has 0 nitrogen and oxygen atoms in total. The van der Waals surface area contributed by atoms with E-state index in [9.17, 15) is 0 Å². The first-order valence-electron chi connectivity index (χ1n) is 6.81. The van der Waals surface area contributed by atoms with Crippen LogP contribution >= 0.6 is 0 Å². The highest BCUT2D eigenvalue weighted by molar-refractivity contribution is 6.88. The van der Waals surface area contributed by atoms with Crippen molar-refractivity contribution in [2.24, 2.45) is 0 Å². The fourth-order valence-electron chi connectivity index (χ4n) is 2.61.